The standard InChI is InChI=1S/C24H25F3N8O3/c1-23(2,37)18-20(36)35-8-4-5-15-17(35)19(34(18)3)33-22(32-15)31-10-13-6-7-16(28-9-13)38-14-11-29-21(30-12-14)24(25,26)27/h6-7,9,11-12,18,37H,4-5,8,10H2,1-3H3,(H,31,32,33). The fraction of sp³-hybridized carbons (Fsp3) is 0.417. The van der Waals surface area contributed by atoms with Crippen molar-refractivity contribution in [3.63, 3.8) is 0 Å². The number of carbonyl (C=O) groups is 1. The molecule has 14 heteroatoms. The number of halogens is 3. The van der Waals surface area contributed by atoms with Gasteiger partial charge in [0.25, 0.3) is 5.91 Å². The molecule has 1 atom stereocenters. The summed E-state index contributed by atoms with van der Waals surface area (Å²) in [4.78, 5) is 36.5. The summed E-state index contributed by atoms with van der Waals surface area (Å²) in [6.07, 6.45) is 0.237. The number of nitrogens with one attached hydrogen (secondary N) is 1. The number of aryl methyl sites for hydroxylation is 1. The molecule has 2 aliphatic rings. The Morgan fingerprint density at radius 1 is 1.13 bits per heavy atom. The van der Waals surface area contributed by atoms with Crippen molar-refractivity contribution in [2.75, 3.05) is 28.7 Å². The van der Waals surface area contributed by atoms with E-state index in [0.717, 1.165) is 30.1 Å². The first-order chi connectivity index (χ1) is 17.9. The molecule has 0 saturated carbocycles. The Morgan fingerprint density at radius 3 is 2.50 bits per heavy atom. The number of amides is 1. The summed E-state index contributed by atoms with van der Waals surface area (Å²) in [5, 5.41) is 13.9. The summed E-state index contributed by atoms with van der Waals surface area (Å²) >= 11 is 0. The van der Waals surface area contributed by atoms with Crippen LogP contribution in [0.3, 0.4) is 0 Å². The summed E-state index contributed by atoms with van der Waals surface area (Å²) in [6, 6.07) is 2.52. The molecule has 5 rings (SSSR count). The Balaban J connectivity index is 1.29. The second kappa shape index (κ2) is 9.35. The van der Waals surface area contributed by atoms with Gasteiger partial charge in [0.2, 0.25) is 17.7 Å². The Kier molecular flexibility index (Phi) is 6.29. The highest BCUT2D eigenvalue weighted by Crippen LogP contribution is 2.41. The monoisotopic (exact) mass is 530 g/mol. The van der Waals surface area contributed by atoms with Crippen LogP contribution in [0.2, 0.25) is 0 Å². The maximum absolute atomic E-state index is 13.1. The highest BCUT2D eigenvalue weighted by atomic mass is 19.4. The second-order valence-corrected chi connectivity index (χ2v) is 9.63. The topological polar surface area (TPSA) is 129 Å². The number of ether oxygens (including phenoxy) is 1. The van der Waals surface area contributed by atoms with Gasteiger partial charge in [-0.05, 0) is 32.3 Å². The molecule has 5 heterocycles. The van der Waals surface area contributed by atoms with E-state index in [0.29, 0.717) is 37.0 Å². The molecular formula is C24H25F3N8O3. The Morgan fingerprint density at radius 2 is 1.87 bits per heavy atom. The molecule has 11 nitrogen and oxygen atoms in total. The van der Waals surface area contributed by atoms with Crippen LogP contribution in [0.1, 0.15) is 37.4 Å². The van der Waals surface area contributed by atoms with E-state index in [1.165, 1.54) is 0 Å². The largest absolute Gasteiger partial charge is 0.451 e. The van der Waals surface area contributed by atoms with Crippen LogP contribution in [-0.4, -0.2) is 61.2 Å². The van der Waals surface area contributed by atoms with E-state index in [9.17, 15) is 23.1 Å². The van der Waals surface area contributed by atoms with Crippen LogP contribution < -0.4 is 19.9 Å². The lowest BCUT2D eigenvalue weighted by Gasteiger charge is -2.46. The van der Waals surface area contributed by atoms with Crippen LogP contribution in [0.25, 0.3) is 0 Å². The van der Waals surface area contributed by atoms with Crippen LogP contribution in [0.15, 0.2) is 30.7 Å². The molecule has 0 saturated heterocycles. The number of hydrogen-bond acceptors (Lipinski definition) is 10. The van der Waals surface area contributed by atoms with Crippen LogP contribution in [0.4, 0.5) is 30.6 Å². The van der Waals surface area contributed by atoms with Gasteiger partial charge in [-0.1, -0.05) is 6.07 Å². The molecule has 38 heavy (non-hydrogen) atoms. The first-order valence-corrected chi connectivity index (χ1v) is 11.8. The average Bonchev–Trinajstić information content (AvgIpc) is 2.85. The van der Waals surface area contributed by atoms with Gasteiger partial charge >= 0.3 is 6.18 Å². The third-order valence-corrected chi connectivity index (χ3v) is 6.25. The van der Waals surface area contributed by atoms with E-state index in [1.807, 2.05) is 0 Å². The predicted molar refractivity (Wildman–Crippen MR) is 130 cm³/mol. The molecular weight excluding hydrogens is 505 g/mol. The Hall–Kier alpha value is -4.07. The number of likely N-dealkylation sites (N-methyl/N-ethyl adjacent to an activating group) is 1. The van der Waals surface area contributed by atoms with E-state index in [2.05, 4.69) is 30.2 Å². The van der Waals surface area contributed by atoms with Crippen molar-refractivity contribution in [3.05, 3.63) is 47.8 Å². The van der Waals surface area contributed by atoms with Gasteiger partial charge in [0.05, 0.1) is 23.7 Å². The van der Waals surface area contributed by atoms with Crippen LogP contribution in [-0.2, 0) is 23.9 Å². The number of nitrogens with zero attached hydrogens (tertiary/aromatic N) is 7. The predicted octanol–water partition coefficient (Wildman–Crippen LogP) is 2.95. The molecule has 0 fully saturated rings. The molecule has 3 aromatic rings. The third-order valence-electron chi connectivity index (χ3n) is 6.25. The highest BCUT2D eigenvalue weighted by molar-refractivity contribution is 6.06. The molecule has 2 N–H and O–H groups in total. The first-order valence-electron chi connectivity index (χ1n) is 11.8. The number of aromatic nitrogens is 5. The summed E-state index contributed by atoms with van der Waals surface area (Å²) in [5.74, 6) is -0.291. The Labute approximate surface area is 215 Å². The smallest absolute Gasteiger partial charge is 0.436 e. The number of hydrogen-bond donors (Lipinski definition) is 2. The van der Waals surface area contributed by atoms with Crippen LogP contribution in [0.5, 0.6) is 11.6 Å². The SMILES string of the molecule is CN1c2nc(NCc3ccc(Oc4cnc(C(F)(F)F)nc4)nc3)nc3c2N(CCC3)C(=O)C1C(C)(C)O. The van der Waals surface area contributed by atoms with Gasteiger partial charge < -0.3 is 25.0 Å². The average molecular weight is 531 g/mol. The summed E-state index contributed by atoms with van der Waals surface area (Å²) < 4.78 is 43.3. The normalized spacial score (nSPS) is 17.3. The molecule has 0 radical (unpaired) electrons. The minimum Gasteiger partial charge on any atom is -0.436 e. The highest BCUT2D eigenvalue weighted by Gasteiger charge is 2.47. The minimum atomic E-state index is -4.63. The van der Waals surface area contributed by atoms with Crippen LogP contribution >= 0.6 is 0 Å². The van der Waals surface area contributed by atoms with E-state index < -0.39 is 23.6 Å². The van der Waals surface area contributed by atoms with Crippen molar-refractivity contribution in [2.24, 2.45) is 0 Å². The first kappa shape index (κ1) is 25.6. The molecule has 1 unspecified atom stereocenters. The lowest BCUT2D eigenvalue weighted by molar-refractivity contribution is -0.145. The zero-order valence-electron chi connectivity index (χ0n) is 20.8. The van der Waals surface area contributed by atoms with Crippen LogP contribution in [0, 0.1) is 0 Å². The molecule has 3 aromatic heterocycles. The van der Waals surface area contributed by atoms with Gasteiger partial charge in [0.15, 0.2) is 11.6 Å². The van der Waals surface area contributed by atoms with Crippen molar-refractivity contribution in [1.29, 1.82) is 0 Å². The van der Waals surface area contributed by atoms with Gasteiger partial charge in [-0.15, -0.1) is 0 Å². The molecule has 200 valence electrons. The summed E-state index contributed by atoms with van der Waals surface area (Å²) in [5.41, 5.74) is 0.946. The zero-order chi connectivity index (χ0) is 27.2. The molecule has 0 bridgehead atoms. The molecule has 2 aliphatic heterocycles. The minimum absolute atomic E-state index is 0.0220. The van der Waals surface area contributed by atoms with Crippen molar-refractivity contribution >= 4 is 23.4 Å². The lowest BCUT2D eigenvalue weighted by Crippen LogP contribution is -2.62. The molecule has 0 spiro atoms. The quantitative estimate of drug-likeness (QED) is 0.491. The van der Waals surface area contributed by atoms with E-state index >= 15 is 0 Å². The lowest BCUT2D eigenvalue weighted by atomic mass is 9.92. The Bertz CT molecular complexity index is 1340. The van der Waals surface area contributed by atoms with E-state index in [4.69, 9.17) is 4.74 Å². The van der Waals surface area contributed by atoms with Crippen molar-refractivity contribution < 1.29 is 27.8 Å². The fourth-order valence-corrected chi connectivity index (χ4v) is 4.61. The fourth-order valence-electron chi connectivity index (χ4n) is 4.61. The number of anilines is 3. The number of aliphatic hydroxyl groups is 1. The molecule has 0 aliphatic carbocycles. The van der Waals surface area contributed by atoms with Crippen molar-refractivity contribution in [1.82, 2.24) is 24.9 Å². The maximum atomic E-state index is 13.1. The van der Waals surface area contributed by atoms with Gasteiger partial charge in [-0.2, -0.15) is 18.2 Å². The zero-order valence-corrected chi connectivity index (χ0v) is 20.8. The van der Waals surface area contributed by atoms with Crippen molar-refractivity contribution in [2.45, 2.75) is 51.1 Å². The van der Waals surface area contributed by atoms with Gasteiger partial charge in [0.1, 0.15) is 11.7 Å². The molecule has 1 amide bonds. The second-order valence-electron chi connectivity index (χ2n) is 9.63. The van der Waals surface area contributed by atoms with Gasteiger partial charge in [0, 0.05) is 32.4 Å². The third kappa shape index (κ3) is 4.90. The van der Waals surface area contributed by atoms with Gasteiger partial charge in [-0.25, -0.2) is 19.9 Å². The van der Waals surface area contributed by atoms with Gasteiger partial charge in [-0.3, -0.25) is 4.79 Å². The summed E-state index contributed by atoms with van der Waals surface area (Å²) in [6.45, 7) is 4.09. The number of carbonyl (C=O) groups excluding carboxylic acids is 1. The van der Waals surface area contributed by atoms with Crippen molar-refractivity contribution in [3.8, 4) is 11.6 Å². The van der Waals surface area contributed by atoms with E-state index in [-0.39, 0.29) is 17.5 Å². The summed E-state index contributed by atoms with van der Waals surface area (Å²) in [7, 11) is 1.74. The van der Waals surface area contributed by atoms with E-state index in [1.54, 1.807) is 49.0 Å². The number of pyridine rings is 1. The number of alkyl halides is 3. The number of rotatable bonds is 6. The molecule has 0 aromatic carbocycles. The maximum Gasteiger partial charge on any atom is 0.451 e.